The minimum atomic E-state index is -0.334. The van der Waals surface area contributed by atoms with Gasteiger partial charge in [-0.25, -0.2) is 0 Å². The van der Waals surface area contributed by atoms with Crippen LogP contribution in [0.1, 0.15) is 20.3 Å². The van der Waals surface area contributed by atoms with Crippen molar-refractivity contribution < 1.29 is 9.59 Å². The Morgan fingerprint density at radius 1 is 1.24 bits per heavy atom. The molecule has 2 atom stereocenters. The molecule has 1 aliphatic rings. The second-order valence-corrected chi connectivity index (χ2v) is 6.68. The summed E-state index contributed by atoms with van der Waals surface area (Å²) in [7, 11) is 0. The maximum atomic E-state index is 12.7. The lowest BCUT2D eigenvalue weighted by Crippen LogP contribution is -2.45. The molecule has 7 nitrogen and oxygen atoms in total. The van der Waals surface area contributed by atoms with Crippen LogP contribution in [-0.4, -0.2) is 39.4 Å². The monoisotopic (exact) mass is 341 g/mol. The standard InChI is InChI=1S/C18H23N5O2/c1-13(2)16(12-23-19-8-9-20-23)21-18(25)14-10-17(24)22(11-14)15-6-4-3-5-7-15/h3-9,13-14,16H,10-12H2,1-2H3,(H,21,25). The summed E-state index contributed by atoms with van der Waals surface area (Å²) in [4.78, 5) is 28.2. The molecule has 1 aliphatic heterocycles. The van der Waals surface area contributed by atoms with E-state index in [1.165, 1.54) is 0 Å². The summed E-state index contributed by atoms with van der Waals surface area (Å²) in [5.74, 6) is -0.198. The average Bonchev–Trinajstić information content (AvgIpc) is 3.24. The number of aromatic nitrogens is 3. The summed E-state index contributed by atoms with van der Waals surface area (Å²) in [6, 6.07) is 9.38. The number of para-hydroxylation sites is 1. The third kappa shape index (κ3) is 4.04. The van der Waals surface area contributed by atoms with Gasteiger partial charge in [-0.2, -0.15) is 15.0 Å². The summed E-state index contributed by atoms with van der Waals surface area (Å²) in [5.41, 5.74) is 0.837. The van der Waals surface area contributed by atoms with Crippen molar-refractivity contribution in [3.63, 3.8) is 0 Å². The topological polar surface area (TPSA) is 80.1 Å². The van der Waals surface area contributed by atoms with Crippen molar-refractivity contribution in [2.75, 3.05) is 11.4 Å². The largest absolute Gasteiger partial charge is 0.351 e. The first kappa shape index (κ1) is 17.1. The average molecular weight is 341 g/mol. The molecule has 25 heavy (non-hydrogen) atoms. The molecule has 2 aromatic rings. The van der Waals surface area contributed by atoms with Crippen LogP contribution in [0.3, 0.4) is 0 Å². The number of nitrogens with zero attached hydrogens (tertiary/aromatic N) is 4. The number of carbonyl (C=O) groups excluding carboxylic acids is 2. The van der Waals surface area contributed by atoms with E-state index in [0.717, 1.165) is 5.69 Å². The van der Waals surface area contributed by atoms with Crippen molar-refractivity contribution in [3.8, 4) is 0 Å². The molecule has 0 aliphatic carbocycles. The molecule has 1 aromatic heterocycles. The zero-order chi connectivity index (χ0) is 17.8. The van der Waals surface area contributed by atoms with E-state index in [0.29, 0.717) is 13.1 Å². The zero-order valence-corrected chi connectivity index (χ0v) is 14.5. The molecule has 0 bridgehead atoms. The van der Waals surface area contributed by atoms with Gasteiger partial charge in [0.1, 0.15) is 0 Å². The summed E-state index contributed by atoms with van der Waals surface area (Å²) in [6.07, 6.45) is 3.48. The predicted molar refractivity (Wildman–Crippen MR) is 93.7 cm³/mol. The fraction of sp³-hybridized carbons (Fsp3) is 0.444. The molecule has 2 heterocycles. The van der Waals surface area contributed by atoms with Gasteiger partial charge in [0.2, 0.25) is 11.8 Å². The molecule has 1 fully saturated rings. The second-order valence-electron chi connectivity index (χ2n) is 6.68. The van der Waals surface area contributed by atoms with E-state index in [4.69, 9.17) is 0 Å². The first-order valence-corrected chi connectivity index (χ1v) is 8.54. The van der Waals surface area contributed by atoms with Gasteiger partial charge in [-0.3, -0.25) is 9.59 Å². The Hall–Kier alpha value is -2.70. The number of amides is 2. The molecule has 7 heteroatoms. The first-order valence-electron chi connectivity index (χ1n) is 8.54. The number of rotatable bonds is 6. The first-order chi connectivity index (χ1) is 12.0. The fourth-order valence-electron chi connectivity index (χ4n) is 2.98. The highest BCUT2D eigenvalue weighted by Gasteiger charge is 2.36. The molecular weight excluding hydrogens is 318 g/mol. The van der Waals surface area contributed by atoms with Gasteiger partial charge in [0.15, 0.2) is 0 Å². The van der Waals surface area contributed by atoms with Gasteiger partial charge in [0.05, 0.1) is 30.9 Å². The lowest BCUT2D eigenvalue weighted by molar-refractivity contribution is -0.127. The van der Waals surface area contributed by atoms with E-state index in [9.17, 15) is 9.59 Å². The van der Waals surface area contributed by atoms with Crippen molar-refractivity contribution in [2.45, 2.75) is 32.9 Å². The lowest BCUT2D eigenvalue weighted by atomic mass is 10.0. The summed E-state index contributed by atoms with van der Waals surface area (Å²) in [6.45, 7) is 5.02. The van der Waals surface area contributed by atoms with Gasteiger partial charge in [0.25, 0.3) is 0 Å². The highest BCUT2D eigenvalue weighted by Crippen LogP contribution is 2.25. The molecule has 0 radical (unpaired) electrons. The van der Waals surface area contributed by atoms with Crippen LogP contribution in [0.5, 0.6) is 0 Å². The smallest absolute Gasteiger partial charge is 0.227 e. The molecule has 0 spiro atoms. The molecule has 1 aromatic carbocycles. The lowest BCUT2D eigenvalue weighted by Gasteiger charge is -2.23. The van der Waals surface area contributed by atoms with Crippen LogP contribution in [0, 0.1) is 11.8 Å². The quantitative estimate of drug-likeness (QED) is 0.863. The van der Waals surface area contributed by atoms with Gasteiger partial charge in [0, 0.05) is 18.7 Å². The zero-order valence-electron chi connectivity index (χ0n) is 14.5. The van der Waals surface area contributed by atoms with Crippen molar-refractivity contribution in [3.05, 3.63) is 42.7 Å². The van der Waals surface area contributed by atoms with Crippen LogP contribution in [0.2, 0.25) is 0 Å². The third-order valence-corrected chi connectivity index (χ3v) is 4.52. The molecule has 2 amide bonds. The van der Waals surface area contributed by atoms with Gasteiger partial charge in [-0.15, -0.1) is 0 Å². The summed E-state index contributed by atoms with van der Waals surface area (Å²) < 4.78 is 0. The van der Waals surface area contributed by atoms with E-state index >= 15 is 0 Å². The SMILES string of the molecule is CC(C)C(Cn1nccn1)NC(=O)C1CC(=O)N(c2ccccc2)C1. The summed E-state index contributed by atoms with van der Waals surface area (Å²) >= 11 is 0. The maximum Gasteiger partial charge on any atom is 0.227 e. The van der Waals surface area contributed by atoms with E-state index in [2.05, 4.69) is 15.5 Å². The molecule has 3 rings (SSSR count). The number of benzene rings is 1. The van der Waals surface area contributed by atoms with Crippen molar-refractivity contribution in [1.29, 1.82) is 0 Å². The van der Waals surface area contributed by atoms with Crippen LogP contribution >= 0.6 is 0 Å². The molecule has 2 unspecified atom stereocenters. The molecule has 132 valence electrons. The van der Waals surface area contributed by atoms with E-state index in [1.54, 1.807) is 22.1 Å². The Bertz CT molecular complexity index is 714. The van der Waals surface area contributed by atoms with Crippen LogP contribution in [0.25, 0.3) is 0 Å². The molecular formula is C18H23N5O2. The predicted octanol–water partition coefficient (Wildman–Crippen LogP) is 1.47. The van der Waals surface area contributed by atoms with Crippen molar-refractivity contribution >= 4 is 17.5 Å². The summed E-state index contributed by atoms with van der Waals surface area (Å²) in [5, 5.41) is 11.3. The van der Waals surface area contributed by atoms with Crippen LogP contribution in [0.4, 0.5) is 5.69 Å². The number of anilines is 1. The third-order valence-electron chi connectivity index (χ3n) is 4.52. The Labute approximate surface area is 147 Å². The van der Waals surface area contributed by atoms with Gasteiger partial charge in [-0.1, -0.05) is 32.0 Å². The number of nitrogens with one attached hydrogen (secondary N) is 1. The van der Waals surface area contributed by atoms with E-state index in [-0.39, 0.29) is 36.1 Å². The maximum absolute atomic E-state index is 12.7. The minimum absolute atomic E-state index is 0.0128. The van der Waals surface area contributed by atoms with Crippen molar-refractivity contribution in [2.24, 2.45) is 11.8 Å². The van der Waals surface area contributed by atoms with Crippen molar-refractivity contribution in [1.82, 2.24) is 20.3 Å². The molecule has 1 saturated heterocycles. The van der Waals surface area contributed by atoms with Crippen LogP contribution in [-0.2, 0) is 16.1 Å². The van der Waals surface area contributed by atoms with Crippen LogP contribution < -0.4 is 10.2 Å². The normalized spacial score (nSPS) is 18.6. The number of carbonyl (C=O) groups is 2. The second kappa shape index (κ2) is 7.46. The fourth-order valence-corrected chi connectivity index (χ4v) is 2.98. The Morgan fingerprint density at radius 2 is 1.92 bits per heavy atom. The Morgan fingerprint density at radius 3 is 2.56 bits per heavy atom. The van der Waals surface area contributed by atoms with E-state index < -0.39 is 0 Å². The van der Waals surface area contributed by atoms with E-state index in [1.807, 2.05) is 44.2 Å². The van der Waals surface area contributed by atoms with Crippen LogP contribution in [0.15, 0.2) is 42.7 Å². The number of hydrogen-bond donors (Lipinski definition) is 1. The molecule has 1 N–H and O–H groups in total. The Kier molecular flexibility index (Phi) is 5.11. The minimum Gasteiger partial charge on any atom is -0.351 e. The molecule has 0 saturated carbocycles. The highest BCUT2D eigenvalue weighted by atomic mass is 16.2. The van der Waals surface area contributed by atoms with Gasteiger partial charge < -0.3 is 10.2 Å². The van der Waals surface area contributed by atoms with Gasteiger partial charge >= 0.3 is 0 Å². The number of hydrogen-bond acceptors (Lipinski definition) is 4. The van der Waals surface area contributed by atoms with Gasteiger partial charge in [-0.05, 0) is 18.1 Å². The Balaban J connectivity index is 1.63. The highest BCUT2D eigenvalue weighted by molar-refractivity contribution is 6.00.